The van der Waals surface area contributed by atoms with Crippen LogP contribution < -0.4 is 14.2 Å². The third kappa shape index (κ3) is 3.90. The van der Waals surface area contributed by atoms with Gasteiger partial charge >= 0.3 is 0 Å². The van der Waals surface area contributed by atoms with E-state index in [-0.39, 0.29) is 17.7 Å². The van der Waals surface area contributed by atoms with Gasteiger partial charge in [0, 0.05) is 12.1 Å². The van der Waals surface area contributed by atoms with Gasteiger partial charge in [-0.05, 0) is 73.9 Å². The van der Waals surface area contributed by atoms with Gasteiger partial charge in [-0.3, -0.25) is 4.90 Å². The summed E-state index contributed by atoms with van der Waals surface area (Å²) in [7, 11) is 0. The largest absolute Gasteiger partial charge is 0.475 e. The lowest BCUT2D eigenvalue weighted by molar-refractivity contribution is 0.0595. The summed E-state index contributed by atoms with van der Waals surface area (Å²) < 4.78 is 17.2. The molecule has 0 spiro atoms. The number of aliphatic hydroxyl groups is 1. The smallest absolute Gasteiger partial charge is 0.231 e. The highest BCUT2D eigenvalue weighted by Crippen LogP contribution is 2.52. The molecule has 1 fully saturated rings. The van der Waals surface area contributed by atoms with Gasteiger partial charge in [0.15, 0.2) is 16.4 Å². The predicted molar refractivity (Wildman–Crippen MR) is 122 cm³/mol. The van der Waals surface area contributed by atoms with Gasteiger partial charge in [-0.25, -0.2) is 0 Å². The molecule has 166 valence electrons. The first-order valence-electron chi connectivity index (χ1n) is 11.4. The molecule has 31 heavy (non-hydrogen) atoms. The second-order valence-corrected chi connectivity index (χ2v) is 10.0. The van der Waals surface area contributed by atoms with E-state index in [0.29, 0.717) is 12.8 Å². The van der Waals surface area contributed by atoms with Crippen LogP contribution >= 0.6 is 11.8 Å². The Kier molecular flexibility index (Phi) is 5.80. The molecule has 2 unspecified atom stereocenters. The number of thioether (sulfide) groups is 1. The number of aliphatic hydroxyl groups excluding tert-OH is 1. The minimum Gasteiger partial charge on any atom is -0.475 e. The minimum absolute atomic E-state index is 0.0884. The van der Waals surface area contributed by atoms with Crippen molar-refractivity contribution in [3.05, 3.63) is 47.5 Å². The number of likely N-dealkylation sites (tertiary alicyclic amines) is 1. The van der Waals surface area contributed by atoms with Crippen molar-refractivity contribution in [1.29, 1.82) is 0 Å². The molecule has 5 rings (SSSR count). The highest BCUT2D eigenvalue weighted by Gasteiger charge is 2.39. The highest BCUT2D eigenvalue weighted by molar-refractivity contribution is 8.00. The fourth-order valence-corrected chi connectivity index (χ4v) is 6.33. The average Bonchev–Trinajstić information content (AvgIpc) is 3.52. The van der Waals surface area contributed by atoms with Crippen LogP contribution in [0, 0.1) is 0 Å². The number of hydrogen-bond acceptors (Lipinski definition) is 6. The molecule has 0 aliphatic carbocycles. The van der Waals surface area contributed by atoms with Crippen LogP contribution in [0.4, 0.5) is 0 Å². The quantitative estimate of drug-likeness (QED) is 0.612. The Balaban J connectivity index is 1.27. The van der Waals surface area contributed by atoms with Gasteiger partial charge in [0.25, 0.3) is 0 Å². The monoisotopic (exact) mass is 441 g/mol. The lowest BCUT2D eigenvalue weighted by Crippen LogP contribution is -2.32. The zero-order valence-corrected chi connectivity index (χ0v) is 19.1. The molecule has 3 aliphatic rings. The molecule has 0 bridgehead atoms. The van der Waals surface area contributed by atoms with Crippen molar-refractivity contribution < 1.29 is 19.3 Å². The number of ether oxygens (including phenoxy) is 3. The Morgan fingerprint density at radius 1 is 1.03 bits per heavy atom. The first-order chi connectivity index (χ1) is 15.1. The molecular weight excluding hydrogens is 410 g/mol. The molecule has 0 aromatic heterocycles. The summed E-state index contributed by atoms with van der Waals surface area (Å²) >= 11 is 1.86. The summed E-state index contributed by atoms with van der Waals surface area (Å²) in [6.45, 7) is 4.78. The summed E-state index contributed by atoms with van der Waals surface area (Å²) in [6, 6.07) is 13.4. The Morgan fingerprint density at radius 3 is 2.65 bits per heavy atom. The van der Waals surface area contributed by atoms with E-state index in [1.165, 1.54) is 16.0 Å². The standard InChI is InChI=1S/C25H31NO4S/c1-3-25(4-2)30-22-12-7-18(14-24(22)31-25)20-10-9-19(26(20)15-27)8-5-17-6-11-21-23(13-17)29-16-28-21/h6-7,11-14,19-20,27H,3-5,8-10,15-16H2,1-2H3. The van der Waals surface area contributed by atoms with Gasteiger partial charge in [0.05, 0.1) is 11.6 Å². The lowest BCUT2D eigenvalue weighted by atomic mass is 10.0. The zero-order chi connectivity index (χ0) is 21.4. The molecule has 2 atom stereocenters. The predicted octanol–water partition coefficient (Wildman–Crippen LogP) is 5.50. The number of aryl methyl sites for hydroxylation is 1. The maximum absolute atomic E-state index is 10.2. The first kappa shape index (κ1) is 21.0. The van der Waals surface area contributed by atoms with Crippen molar-refractivity contribution in [3.8, 4) is 17.2 Å². The SMILES string of the molecule is CCC1(CC)Oc2ccc(C3CCC(CCc4ccc5c(c4)OCO5)N3CO)cc2S1. The van der Waals surface area contributed by atoms with Crippen molar-refractivity contribution in [3.63, 3.8) is 0 Å². The summed E-state index contributed by atoms with van der Waals surface area (Å²) in [5.41, 5.74) is 2.55. The van der Waals surface area contributed by atoms with Crippen LogP contribution in [0.5, 0.6) is 17.2 Å². The van der Waals surface area contributed by atoms with Crippen molar-refractivity contribution >= 4 is 11.8 Å². The number of rotatable bonds is 7. The van der Waals surface area contributed by atoms with E-state index in [0.717, 1.165) is 55.8 Å². The van der Waals surface area contributed by atoms with Crippen molar-refractivity contribution in [2.45, 2.75) is 74.3 Å². The Hall–Kier alpha value is -1.89. The Bertz CT molecular complexity index is 945. The summed E-state index contributed by atoms with van der Waals surface area (Å²) in [6.07, 6.45) is 6.15. The van der Waals surface area contributed by atoms with Gasteiger partial charge in [-0.1, -0.05) is 37.7 Å². The number of hydrogen-bond donors (Lipinski definition) is 1. The van der Waals surface area contributed by atoms with E-state index in [9.17, 15) is 5.11 Å². The third-order valence-electron chi connectivity index (χ3n) is 7.03. The lowest BCUT2D eigenvalue weighted by Gasteiger charge is -2.28. The number of fused-ring (bicyclic) bond motifs is 2. The van der Waals surface area contributed by atoms with E-state index in [1.807, 2.05) is 17.8 Å². The van der Waals surface area contributed by atoms with Crippen LogP contribution in [-0.2, 0) is 6.42 Å². The van der Waals surface area contributed by atoms with Crippen LogP contribution in [0.25, 0.3) is 0 Å². The van der Waals surface area contributed by atoms with Crippen LogP contribution in [0.15, 0.2) is 41.3 Å². The molecule has 1 saturated heterocycles. The molecule has 0 saturated carbocycles. The third-order valence-corrected chi connectivity index (χ3v) is 8.60. The maximum Gasteiger partial charge on any atom is 0.231 e. The molecule has 2 aromatic rings. The highest BCUT2D eigenvalue weighted by atomic mass is 32.2. The van der Waals surface area contributed by atoms with E-state index < -0.39 is 0 Å². The number of nitrogens with zero attached hydrogens (tertiary/aromatic N) is 1. The maximum atomic E-state index is 10.2. The van der Waals surface area contributed by atoms with Gasteiger partial charge in [0.2, 0.25) is 6.79 Å². The van der Waals surface area contributed by atoms with Crippen LogP contribution in [0.3, 0.4) is 0 Å². The second kappa shape index (κ2) is 8.57. The fraction of sp³-hybridized carbons (Fsp3) is 0.520. The molecule has 0 radical (unpaired) electrons. The summed E-state index contributed by atoms with van der Waals surface area (Å²) in [4.78, 5) is 3.38. The zero-order valence-electron chi connectivity index (χ0n) is 18.3. The summed E-state index contributed by atoms with van der Waals surface area (Å²) in [5.74, 6) is 2.68. The van der Waals surface area contributed by atoms with Gasteiger partial charge in [-0.2, -0.15) is 0 Å². The number of benzene rings is 2. The van der Waals surface area contributed by atoms with Crippen LogP contribution in [0.1, 0.15) is 63.1 Å². The van der Waals surface area contributed by atoms with E-state index in [1.54, 1.807) is 0 Å². The molecule has 3 heterocycles. The van der Waals surface area contributed by atoms with E-state index in [4.69, 9.17) is 14.2 Å². The molecule has 3 aliphatic heterocycles. The van der Waals surface area contributed by atoms with Crippen LogP contribution in [0.2, 0.25) is 0 Å². The average molecular weight is 442 g/mol. The topological polar surface area (TPSA) is 51.2 Å². The van der Waals surface area contributed by atoms with Crippen molar-refractivity contribution in [2.24, 2.45) is 0 Å². The minimum atomic E-state index is -0.125. The molecule has 1 N–H and O–H groups in total. The molecular formula is C25H31NO4S. The fourth-order valence-electron chi connectivity index (χ4n) is 5.10. The van der Waals surface area contributed by atoms with Crippen molar-refractivity contribution in [1.82, 2.24) is 4.90 Å². The van der Waals surface area contributed by atoms with Gasteiger partial charge in [0.1, 0.15) is 5.75 Å². The summed E-state index contributed by atoms with van der Waals surface area (Å²) in [5, 5.41) is 10.2. The Morgan fingerprint density at radius 2 is 1.84 bits per heavy atom. The van der Waals surface area contributed by atoms with E-state index >= 15 is 0 Å². The molecule has 2 aromatic carbocycles. The van der Waals surface area contributed by atoms with E-state index in [2.05, 4.69) is 49.1 Å². The van der Waals surface area contributed by atoms with Crippen molar-refractivity contribution in [2.75, 3.05) is 13.5 Å². The Labute approximate surface area is 188 Å². The molecule has 5 nitrogen and oxygen atoms in total. The second-order valence-electron chi connectivity index (χ2n) is 8.66. The van der Waals surface area contributed by atoms with Crippen LogP contribution in [-0.4, -0.2) is 34.5 Å². The van der Waals surface area contributed by atoms with Gasteiger partial charge < -0.3 is 19.3 Å². The van der Waals surface area contributed by atoms with Gasteiger partial charge in [-0.15, -0.1) is 0 Å². The normalized spacial score (nSPS) is 23.7. The molecule has 0 amide bonds. The first-order valence-corrected chi connectivity index (χ1v) is 12.2. The molecule has 6 heteroatoms.